The highest BCUT2D eigenvalue weighted by Gasteiger charge is 2.07. The van der Waals surface area contributed by atoms with Crippen LogP contribution < -0.4 is 15.4 Å². The lowest BCUT2D eigenvalue weighted by Gasteiger charge is -2.17. The summed E-state index contributed by atoms with van der Waals surface area (Å²) in [6.45, 7) is 8.68. The Kier molecular flexibility index (Phi) is 7.56. The number of hydrogen-bond donors (Lipinski definition) is 2. The van der Waals surface area contributed by atoms with Gasteiger partial charge in [0.25, 0.3) is 0 Å². The number of para-hydroxylation sites is 1. The molecule has 6 nitrogen and oxygen atoms in total. The van der Waals surface area contributed by atoms with Gasteiger partial charge in [-0.1, -0.05) is 37.8 Å². The minimum absolute atomic E-state index is 0.432. The second-order valence-corrected chi connectivity index (χ2v) is 5.85. The fourth-order valence-electron chi connectivity index (χ4n) is 2.40. The van der Waals surface area contributed by atoms with Crippen molar-refractivity contribution in [2.75, 3.05) is 20.2 Å². The number of rotatable bonds is 9. The van der Waals surface area contributed by atoms with Gasteiger partial charge in [0.1, 0.15) is 12.4 Å². The second kappa shape index (κ2) is 10.2. The van der Waals surface area contributed by atoms with Crippen molar-refractivity contribution in [1.82, 2.24) is 20.4 Å². The van der Waals surface area contributed by atoms with E-state index in [1.165, 1.54) is 0 Å². The standard InChI is InChI=1S/C19H27N5O/c1-4-12-25-18-9-6-5-8-17(18)14-22-19(20-3)21-13-16(2)15-24-11-7-10-23-24/h4-11,16H,1,12-15H2,2-3H3,(H2,20,21,22). The number of aromatic nitrogens is 2. The van der Waals surface area contributed by atoms with Crippen molar-refractivity contribution < 1.29 is 4.74 Å². The molecule has 0 saturated heterocycles. The number of hydrogen-bond acceptors (Lipinski definition) is 3. The zero-order chi connectivity index (χ0) is 17.9. The van der Waals surface area contributed by atoms with Crippen LogP contribution in [0.15, 0.2) is 60.4 Å². The Hall–Kier alpha value is -2.76. The molecule has 0 aliphatic carbocycles. The van der Waals surface area contributed by atoms with E-state index in [1.54, 1.807) is 19.3 Å². The fourth-order valence-corrected chi connectivity index (χ4v) is 2.40. The molecule has 2 N–H and O–H groups in total. The highest BCUT2D eigenvalue weighted by atomic mass is 16.5. The highest BCUT2D eigenvalue weighted by molar-refractivity contribution is 5.79. The number of nitrogens with one attached hydrogen (secondary N) is 2. The Morgan fingerprint density at radius 3 is 2.92 bits per heavy atom. The minimum atomic E-state index is 0.432. The molecule has 134 valence electrons. The van der Waals surface area contributed by atoms with E-state index in [4.69, 9.17) is 4.74 Å². The van der Waals surface area contributed by atoms with Crippen LogP contribution in [-0.4, -0.2) is 35.9 Å². The molecule has 1 atom stereocenters. The average molecular weight is 341 g/mol. The van der Waals surface area contributed by atoms with Gasteiger partial charge in [-0.05, 0) is 18.1 Å². The molecule has 0 radical (unpaired) electrons. The van der Waals surface area contributed by atoms with E-state index in [2.05, 4.69) is 34.2 Å². The molecule has 6 heteroatoms. The van der Waals surface area contributed by atoms with Crippen LogP contribution in [0.25, 0.3) is 0 Å². The van der Waals surface area contributed by atoms with Crippen molar-refractivity contribution in [3.05, 3.63) is 60.9 Å². The lowest BCUT2D eigenvalue weighted by molar-refractivity contribution is 0.358. The van der Waals surface area contributed by atoms with Crippen molar-refractivity contribution in [3.63, 3.8) is 0 Å². The van der Waals surface area contributed by atoms with Gasteiger partial charge >= 0.3 is 0 Å². The molecule has 2 aromatic rings. The summed E-state index contributed by atoms with van der Waals surface area (Å²) < 4.78 is 7.62. The lowest BCUT2D eigenvalue weighted by Crippen LogP contribution is -2.39. The van der Waals surface area contributed by atoms with E-state index in [-0.39, 0.29) is 0 Å². The van der Waals surface area contributed by atoms with E-state index >= 15 is 0 Å². The molecule has 0 amide bonds. The maximum Gasteiger partial charge on any atom is 0.191 e. The van der Waals surface area contributed by atoms with E-state index < -0.39 is 0 Å². The molecular weight excluding hydrogens is 314 g/mol. The Labute approximate surface area is 149 Å². The second-order valence-electron chi connectivity index (χ2n) is 5.85. The molecule has 2 rings (SSSR count). The van der Waals surface area contributed by atoms with Crippen LogP contribution in [-0.2, 0) is 13.1 Å². The largest absolute Gasteiger partial charge is 0.489 e. The van der Waals surface area contributed by atoms with E-state index in [0.29, 0.717) is 19.1 Å². The van der Waals surface area contributed by atoms with E-state index in [0.717, 1.165) is 30.4 Å². The van der Waals surface area contributed by atoms with Gasteiger partial charge in [-0.15, -0.1) is 0 Å². The summed E-state index contributed by atoms with van der Waals surface area (Å²) in [4.78, 5) is 4.28. The first-order valence-electron chi connectivity index (χ1n) is 8.46. The van der Waals surface area contributed by atoms with Crippen LogP contribution in [0.2, 0.25) is 0 Å². The first-order chi connectivity index (χ1) is 12.2. The molecule has 0 fully saturated rings. The molecule has 1 aromatic heterocycles. The monoisotopic (exact) mass is 341 g/mol. The van der Waals surface area contributed by atoms with Crippen LogP contribution in [0, 0.1) is 5.92 Å². The molecule has 0 spiro atoms. The Bertz CT molecular complexity index is 666. The van der Waals surface area contributed by atoms with Crippen LogP contribution in [0.3, 0.4) is 0 Å². The van der Waals surface area contributed by atoms with Crippen molar-refractivity contribution in [2.24, 2.45) is 10.9 Å². The number of nitrogens with zero attached hydrogens (tertiary/aromatic N) is 3. The van der Waals surface area contributed by atoms with E-state index in [9.17, 15) is 0 Å². The molecule has 0 aliphatic heterocycles. The van der Waals surface area contributed by atoms with Crippen molar-refractivity contribution >= 4 is 5.96 Å². The maximum atomic E-state index is 5.68. The first-order valence-corrected chi connectivity index (χ1v) is 8.46. The maximum absolute atomic E-state index is 5.68. The molecule has 25 heavy (non-hydrogen) atoms. The van der Waals surface area contributed by atoms with Crippen LogP contribution in [0.5, 0.6) is 5.75 Å². The number of ether oxygens (including phenoxy) is 1. The van der Waals surface area contributed by atoms with Gasteiger partial charge in [-0.3, -0.25) is 9.67 Å². The average Bonchev–Trinajstić information content (AvgIpc) is 3.13. The summed E-state index contributed by atoms with van der Waals surface area (Å²) in [5.74, 6) is 2.06. The zero-order valence-corrected chi connectivity index (χ0v) is 15.0. The topological polar surface area (TPSA) is 63.5 Å². The molecule has 1 unspecified atom stereocenters. The molecule has 0 saturated carbocycles. The molecule has 1 aromatic carbocycles. The normalized spacial score (nSPS) is 12.5. The Morgan fingerprint density at radius 1 is 1.36 bits per heavy atom. The summed E-state index contributed by atoms with van der Waals surface area (Å²) in [6, 6.07) is 9.90. The Balaban J connectivity index is 1.81. The van der Waals surface area contributed by atoms with Gasteiger partial charge in [0.05, 0.1) is 0 Å². The summed E-state index contributed by atoms with van der Waals surface area (Å²) >= 11 is 0. The van der Waals surface area contributed by atoms with Crippen LogP contribution in [0.1, 0.15) is 12.5 Å². The van der Waals surface area contributed by atoms with Crippen LogP contribution in [0.4, 0.5) is 0 Å². The summed E-state index contributed by atoms with van der Waals surface area (Å²) in [5, 5.41) is 10.9. The molecular formula is C19H27N5O. The Morgan fingerprint density at radius 2 is 2.20 bits per heavy atom. The van der Waals surface area contributed by atoms with Gasteiger partial charge in [0.15, 0.2) is 5.96 Å². The van der Waals surface area contributed by atoms with Gasteiger partial charge in [0.2, 0.25) is 0 Å². The van der Waals surface area contributed by atoms with Gasteiger partial charge < -0.3 is 15.4 Å². The predicted molar refractivity (Wildman–Crippen MR) is 102 cm³/mol. The fraction of sp³-hybridized carbons (Fsp3) is 0.368. The summed E-state index contributed by atoms with van der Waals surface area (Å²) in [6.07, 6.45) is 5.52. The third-order valence-electron chi connectivity index (χ3n) is 3.68. The number of benzene rings is 1. The third kappa shape index (κ3) is 6.33. The van der Waals surface area contributed by atoms with Crippen molar-refractivity contribution in [3.8, 4) is 5.75 Å². The van der Waals surface area contributed by atoms with Crippen molar-refractivity contribution in [1.29, 1.82) is 0 Å². The molecule has 0 bridgehead atoms. The smallest absolute Gasteiger partial charge is 0.191 e. The summed E-state index contributed by atoms with van der Waals surface area (Å²) in [5.41, 5.74) is 1.08. The van der Waals surface area contributed by atoms with Crippen LogP contribution >= 0.6 is 0 Å². The minimum Gasteiger partial charge on any atom is -0.489 e. The van der Waals surface area contributed by atoms with E-state index in [1.807, 2.05) is 41.2 Å². The van der Waals surface area contributed by atoms with Gasteiger partial charge in [-0.25, -0.2) is 0 Å². The predicted octanol–water partition coefficient (Wildman–Crippen LogP) is 2.45. The first kappa shape index (κ1) is 18.6. The summed E-state index contributed by atoms with van der Waals surface area (Å²) in [7, 11) is 1.77. The molecule has 1 heterocycles. The molecule has 0 aliphatic rings. The van der Waals surface area contributed by atoms with Crippen molar-refractivity contribution in [2.45, 2.75) is 20.0 Å². The highest BCUT2D eigenvalue weighted by Crippen LogP contribution is 2.17. The van der Waals surface area contributed by atoms with Gasteiger partial charge in [0, 0.05) is 44.6 Å². The SMILES string of the molecule is C=CCOc1ccccc1CNC(=NC)NCC(C)Cn1cccn1. The lowest BCUT2D eigenvalue weighted by atomic mass is 10.2. The number of aliphatic imine (C=N–C) groups is 1. The number of guanidine groups is 1. The quantitative estimate of drug-likeness (QED) is 0.418. The zero-order valence-electron chi connectivity index (χ0n) is 15.0. The third-order valence-corrected chi connectivity index (χ3v) is 3.68. The van der Waals surface area contributed by atoms with Gasteiger partial charge in [-0.2, -0.15) is 5.10 Å².